The van der Waals surface area contributed by atoms with Crippen molar-refractivity contribution in [2.75, 3.05) is 7.11 Å². The van der Waals surface area contributed by atoms with Crippen molar-refractivity contribution in [1.29, 1.82) is 0 Å². The lowest BCUT2D eigenvalue weighted by molar-refractivity contribution is -0.709. The van der Waals surface area contributed by atoms with Gasteiger partial charge in [-0.2, -0.15) is 0 Å². The van der Waals surface area contributed by atoms with Gasteiger partial charge in [-0.25, -0.2) is 0 Å². The number of hydrogen-bond acceptors (Lipinski definition) is 2. The van der Waals surface area contributed by atoms with Crippen LogP contribution in [0.2, 0.25) is 5.02 Å². The molecule has 1 atom stereocenters. The number of furan rings is 1. The minimum atomic E-state index is 0.384. The van der Waals surface area contributed by atoms with Gasteiger partial charge in [-0.05, 0) is 37.3 Å². The standard InChI is InChI=1S/C20H20ClNO2/c1-14(15-6-4-3-5-7-15)22-13-17-9-11-19(24-17)16-8-10-20(23-2)18(21)12-16/h3-12,14,22H,13H2,1-2H3/p+1/t14-/m1/s1. The summed E-state index contributed by atoms with van der Waals surface area (Å²) in [4.78, 5) is 0. The smallest absolute Gasteiger partial charge is 0.158 e. The summed E-state index contributed by atoms with van der Waals surface area (Å²) in [6.45, 7) is 2.99. The van der Waals surface area contributed by atoms with E-state index in [1.165, 1.54) is 5.56 Å². The molecule has 2 N–H and O–H groups in total. The lowest BCUT2D eigenvalue weighted by Gasteiger charge is -2.09. The third-order valence-electron chi connectivity index (χ3n) is 4.10. The molecule has 2 aromatic carbocycles. The Kier molecular flexibility index (Phi) is 5.24. The summed E-state index contributed by atoms with van der Waals surface area (Å²) in [5, 5.41) is 2.84. The zero-order valence-electron chi connectivity index (χ0n) is 13.8. The van der Waals surface area contributed by atoms with Gasteiger partial charge in [-0.3, -0.25) is 0 Å². The number of quaternary nitrogens is 1. The van der Waals surface area contributed by atoms with Crippen molar-refractivity contribution in [2.24, 2.45) is 0 Å². The van der Waals surface area contributed by atoms with Crippen LogP contribution in [0.5, 0.6) is 5.75 Å². The Morgan fingerprint density at radius 2 is 1.88 bits per heavy atom. The Labute approximate surface area is 147 Å². The SMILES string of the molecule is COc1ccc(-c2ccc(C[NH2+][C@H](C)c3ccccc3)o2)cc1Cl. The monoisotopic (exact) mass is 342 g/mol. The Bertz CT molecular complexity index is 798. The molecule has 1 heterocycles. The first kappa shape index (κ1) is 16.6. The Morgan fingerprint density at radius 3 is 2.58 bits per heavy atom. The summed E-state index contributed by atoms with van der Waals surface area (Å²) < 4.78 is 11.1. The van der Waals surface area contributed by atoms with E-state index in [0.717, 1.165) is 23.6 Å². The van der Waals surface area contributed by atoms with Crippen LogP contribution in [0.15, 0.2) is 65.1 Å². The molecule has 4 heteroatoms. The minimum Gasteiger partial charge on any atom is -0.495 e. The van der Waals surface area contributed by atoms with E-state index < -0.39 is 0 Å². The molecule has 0 bridgehead atoms. The third-order valence-corrected chi connectivity index (χ3v) is 4.39. The molecule has 124 valence electrons. The lowest BCUT2D eigenvalue weighted by Crippen LogP contribution is -2.82. The van der Waals surface area contributed by atoms with Gasteiger partial charge in [-0.1, -0.05) is 41.9 Å². The number of rotatable bonds is 6. The molecule has 0 spiro atoms. The maximum Gasteiger partial charge on any atom is 0.158 e. The second-order valence-electron chi connectivity index (χ2n) is 5.75. The zero-order chi connectivity index (χ0) is 16.9. The van der Waals surface area contributed by atoms with Crippen LogP contribution < -0.4 is 10.1 Å². The average molecular weight is 343 g/mol. The normalized spacial score (nSPS) is 12.1. The Balaban J connectivity index is 1.66. The molecule has 0 saturated carbocycles. The molecule has 0 unspecified atom stereocenters. The number of nitrogens with two attached hydrogens (primary N) is 1. The first-order chi connectivity index (χ1) is 11.7. The summed E-state index contributed by atoms with van der Waals surface area (Å²) in [5.41, 5.74) is 2.26. The van der Waals surface area contributed by atoms with Crippen LogP contribution in [0.1, 0.15) is 24.3 Å². The largest absolute Gasteiger partial charge is 0.495 e. The Morgan fingerprint density at radius 1 is 1.08 bits per heavy atom. The van der Waals surface area contributed by atoms with Crippen molar-refractivity contribution in [1.82, 2.24) is 0 Å². The maximum absolute atomic E-state index is 6.18. The highest BCUT2D eigenvalue weighted by Crippen LogP contribution is 2.30. The molecule has 0 radical (unpaired) electrons. The third kappa shape index (κ3) is 3.81. The van der Waals surface area contributed by atoms with Gasteiger partial charge in [0.05, 0.1) is 12.1 Å². The predicted molar refractivity (Wildman–Crippen MR) is 96.2 cm³/mol. The fourth-order valence-corrected chi connectivity index (χ4v) is 2.91. The van der Waals surface area contributed by atoms with Gasteiger partial charge in [0.1, 0.15) is 24.1 Å². The van der Waals surface area contributed by atoms with E-state index >= 15 is 0 Å². The first-order valence-corrected chi connectivity index (χ1v) is 8.36. The van der Waals surface area contributed by atoms with Crippen LogP contribution in [0.4, 0.5) is 0 Å². The van der Waals surface area contributed by atoms with Crippen LogP contribution in [0.3, 0.4) is 0 Å². The van der Waals surface area contributed by atoms with Gasteiger partial charge in [0, 0.05) is 11.1 Å². The number of ether oxygens (including phenoxy) is 1. The van der Waals surface area contributed by atoms with Gasteiger partial charge in [0.25, 0.3) is 0 Å². The predicted octanol–water partition coefficient (Wildman–Crippen LogP) is 4.43. The number of benzene rings is 2. The number of methoxy groups -OCH3 is 1. The Hall–Kier alpha value is -2.23. The highest BCUT2D eigenvalue weighted by molar-refractivity contribution is 6.32. The molecule has 1 aromatic heterocycles. The van der Waals surface area contributed by atoms with Gasteiger partial charge in [-0.15, -0.1) is 0 Å². The fraction of sp³-hybridized carbons (Fsp3) is 0.200. The van der Waals surface area contributed by atoms with Gasteiger partial charge >= 0.3 is 0 Å². The van der Waals surface area contributed by atoms with E-state index in [1.54, 1.807) is 7.11 Å². The van der Waals surface area contributed by atoms with Crippen LogP contribution in [0.25, 0.3) is 11.3 Å². The van der Waals surface area contributed by atoms with E-state index in [4.69, 9.17) is 20.8 Å². The van der Waals surface area contributed by atoms with Gasteiger partial charge < -0.3 is 14.5 Å². The van der Waals surface area contributed by atoms with E-state index in [-0.39, 0.29) is 0 Å². The molecule has 3 aromatic rings. The molecular formula is C20H21ClNO2+. The topological polar surface area (TPSA) is 39.0 Å². The summed E-state index contributed by atoms with van der Waals surface area (Å²) >= 11 is 6.18. The summed E-state index contributed by atoms with van der Waals surface area (Å²) in [5.74, 6) is 2.42. The van der Waals surface area contributed by atoms with Crippen molar-refractivity contribution in [2.45, 2.75) is 19.5 Å². The van der Waals surface area contributed by atoms with Crippen molar-refractivity contribution >= 4 is 11.6 Å². The minimum absolute atomic E-state index is 0.384. The van der Waals surface area contributed by atoms with Crippen LogP contribution >= 0.6 is 11.6 Å². The molecule has 24 heavy (non-hydrogen) atoms. The highest BCUT2D eigenvalue weighted by Gasteiger charge is 2.12. The van der Waals surface area contributed by atoms with Crippen molar-refractivity contribution in [3.63, 3.8) is 0 Å². The molecule has 0 aliphatic carbocycles. The average Bonchev–Trinajstić information content (AvgIpc) is 3.09. The van der Waals surface area contributed by atoms with E-state index in [2.05, 4.69) is 36.5 Å². The van der Waals surface area contributed by atoms with E-state index in [9.17, 15) is 0 Å². The zero-order valence-corrected chi connectivity index (χ0v) is 14.6. The fourth-order valence-electron chi connectivity index (χ4n) is 2.65. The lowest BCUT2D eigenvalue weighted by atomic mass is 10.1. The molecule has 0 amide bonds. The number of hydrogen-bond donors (Lipinski definition) is 1. The van der Waals surface area contributed by atoms with Crippen LogP contribution in [0, 0.1) is 0 Å². The van der Waals surface area contributed by atoms with Crippen molar-refractivity contribution in [3.05, 3.63) is 77.0 Å². The second-order valence-corrected chi connectivity index (χ2v) is 6.16. The molecule has 0 aliphatic rings. The molecule has 3 rings (SSSR count). The summed E-state index contributed by atoms with van der Waals surface area (Å²) in [6.07, 6.45) is 0. The maximum atomic E-state index is 6.18. The molecule has 0 fully saturated rings. The van der Waals surface area contributed by atoms with Crippen molar-refractivity contribution < 1.29 is 14.5 Å². The highest BCUT2D eigenvalue weighted by atomic mass is 35.5. The quantitative estimate of drug-likeness (QED) is 0.719. The van der Waals surface area contributed by atoms with E-state index in [0.29, 0.717) is 16.8 Å². The first-order valence-electron chi connectivity index (χ1n) is 7.98. The van der Waals surface area contributed by atoms with Crippen molar-refractivity contribution in [3.8, 4) is 17.1 Å². The molecular weight excluding hydrogens is 322 g/mol. The summed E-state index contributed by atoms with van der Waals surface area (Å²) in [7, 11) is 1.61. The van der Waals surface area contributed by atoms with Crippen LogP contribution in [-0.4, -0.2) is 7.11 Å². The molecule has 0 aliphatic heterocycles. The summed E-state index contributed by atoms with van der Waals surface area (Å²) in [6, 6.07) is 20.5. The molecule has 3 nitrogen and oxygen atoms in total. The van der Waals surface area contributed by atoms with E-state index in [1.807, 2.05) is 36.4 Å². The number of halogens is 1. The molecule has 0 saturated heterocycles. The second kappa shape index (κ2) is 7.56. The van der Waals surface area contributed by atoms with Gasteiger partial charge in [0.2, 0.25) is 0 Å². The van der Waals surface area contributed by atoms with Crippen LogP contribution in [-0.2, 0) is 6.54 Å². The van der Waals surface area contributed by atoms with Gasteiger partial charge in [0.15, 0.2) is 5.76 Å².